The van der Waals surface area contributed by atoms with Gasteiger partial charge in [0.25, 0.3) is 0 Å². The molecular weight excluding hydrogens is 348 g/mol. The lowest BCUT2D eigenvalue weighted by Gasteiger charge is -2.21. The van der Waals surface area contributed by atoms with E-state index in [1.165, 1.54) is 5.56 Å². The zero-order valence-electron chi connectivity index (χ0n) is 16.2. The zero-order valence-corrected chi connectivity index (χ0v) is 16.2. The maximum Gasteiger partial charge on any atom is 0.246 e. The Kier molecular flexibility index (Phi) is 7.08. The van der Waals surface area contributed by atoms with Crippen LogP contribution in [0.5, 0.6) is 5.75 Å². The molecule has 0 heterocycles. The standard InChI is InChI=1S/C24H26N2O2/c1-2-26(22-13-7-4-8-14-22)24(27)19-25-21-12-9-15-23(18-21)28-17-16-20-10-5-3-6-11-20/h3-15,18,25H,2,16-17,19H2,1H3. The summed E-state index contributed by atoms with van der Waals surface area (Å²) in [5.41, 5.74) is 3.03. The molecule has 1 N–H and O–H groups in total. The summed E-state index contributed by atoms with van der Waals surface area (Å²) in [5.74, 6) is 0.827. The highest BCUT2D eigenvalue weighted by molar-refractivity contribution is 5.96. The lowest BCUT2D eigenvalue weighted by Crippen LogP contribution is -2.35. The predicted molar refractivity (Wildman–Crippen MR) is 115 cm³/mol. The second-order valence-electron chi connectivity index (χ2n) is 6.44. The minimum Gasteiger partial charge on any atom is -0.493 e. The number of anilines is 2. The molecule has 0 aliphatic heterocycles. The van der Waals surface area contributed by atoms with Gasteiger partial charge in [0.05, 0.1) is 13.2 Å². The van der Waals surface area contributed by atoms with Gasteiger partial charge in [0.1, 0.15) is 5.75 Å². The van der Waals surface area contributed by atoms with Crippen molar-refractivity contribution in [1.82, 2.24) is 0 Å². The highest BCUT2D eigenvalue weighted by Gasteiger charge is 2.13. The van der Waals surface area contributed by atoms with Crippen molar-refractivity contribution in [2.45, 2.75) is 13.3 Å². The quantitative estimate of drug-likeness (QED) is 0.586. The number of ether oxygens (including phenoxy) is 1. The third-order valence-electron chi connectivity index (χ3n) is 4.47. The van der Waals surface area contributed by atoms with Gasteiger partial charge in [-0.1, -0.05) is 54.6 Å². The Morgan fingerprint density at radius 3 is 2.36 bits per heavy atom. The molecule has 0 saturated heterocycles. The third kappa shape index (κ3) is 5.61. The van der Waals surface area contributed by atoms with E-state index in [4.69, 9.17) is 4.74 Å². The van der Waals surface area contributed by atoms with E-state index >= 15 is 0 Å². The molecule has 0 aliphatic carbocycles. The van der Waals surface area contributed by atoms with E-state index in [2.05, 4.69) is 17.4 Å². The molecular formula is C24H26N2O2. The van der Waals surface area contributed by atoms with Crippen LogP contribution in [0.25, 0.3) is 0 Å². The van der Waals surface area contributed by atoms with Crippen molar-refractivity contribution in [3.05, 3.63) is 90.5 Å². The lowest BCUT2D eigenvalue weighted by molar-refractivity contribution is -0.116. The Labute approximate surface area is 166 Å². The first-order chi connectivity index (χ1) is 13.8. The number of nitrogens with zero attached hydrogens (tertiary/aromatic N) is 1. The van der Waals surface area contributed by atoms with Crippen LogP contribution >= 0.6 is 0 Å². The smallest absolute Gasteiger partial charge is 0.246 e. The van der Waals surface area contributed by atoms with E-state index in [0.717, 1.165) is 23.5 Å². The summed E-state index contributed by atoms with van der Waals surface area (Å²) in [6, 6.07) is 27.7. The molecule has 144 valence electrons. The van der Waals surface area contributed by atoms with Crippen molar-refractivity contribution in [2.75, 3.05) is 29.9 Å². The molecule has 0 fully saturated rings. The summed E-state index contributed by atoms with van der Waals surface area (Å²) in [4.78, 5) is 14.4. The number of rotatable bonds is 9. The van der Waals surface area contributed by atoms with Crippen LogP contribution < -0.4 is 15.0 Å². The largest absolute Gasteiger partial charge is 0.493 e. The lowest BCUT2D eigenvalue weighted by atomic mass is 10.2. The first kappa shape index (κ1) is 19.5. The maximum atomic E-state index is 12.6. The number of carbonyl (C=O) groups is 1. The molecule has 0 aliphatic rings. The van der Waals surface area contributed by atoms with Gasteiger partial charge >= 0.3 is 0 Å². The van der Waals surface area contributed by atoms with Crippen LogP contribution in [0.3, 0.4) is 0 Å². The van der Waals surface area contributed by atoms with Gasteiger partial charge in [-0.05, 0) is 36.8 Å². The SMILES string of the molecule is CCN(C(=O)CNc1cccc(OCCc2ccccc2)c1)c1ccccc1. The topological polar surface area (TPSA) is 41.6 Å². The molecule has 1 amide bonds. The number of benzene rings is 3. The second kappa shape index (κ2) is 10.2. The zero-order chi connectivity index (χ0) is 19.6. The van der Waals surface area contributed by atoms with Crippen LogP contribution in [-0.2, 0) is 11.2 Å². The average molecular weight is 374 g/mol. The first-order valence-corrected chi connectivity index (χ1v) is 9.62. The summed E-state index contributed by atoms with van der Waals surface area (Å²) in [6.07, 6.45) is 0.861. The van der Waals surface area contributed by atoms with Crippen molar-refractivity contribution in [1.29, 1.82) is 0 Å². The minimum atomic E-state index is 0.0316. The molecule has 0 spiro atoms. The van der Waals surface area contributed by atoms with E-state index in [1.807, 2.05) is 79.7 Å². The van der Waals surface area contributed by atoms with E-state index < -0.39 is 0 Å². The summed E-state index contributed by atoms with van der Waals surface area (Å²) in [5, 5.41) is 3.21. The van der Waals surface area contributed by atoms with Gasteiger partial charge in [-0.15, -0.1) is 0 Å². The molecule has 0 radical (unpaired) electrons. The fourth-order valence-electron chi connectivity index (χ4n) is 3.01. The van der Waals surface area contributed by atoms with E-state index in [0.29, 0.717) is 13.2 Å². The predicted octanol–water partition coefficient (Wildman–Crippen LogP) is 4.77. The van der Waals surface area contributed by atoms with Crippen LogP contribution in [0.4, 0.5) is 11.4 Å². The summed E-state index contributed by atoms with van der Waals surface area (Å²) < 4.78 is 5.86. The fourth-order valence-corrected chi connectivity index (χ4v) is 3.01. The number of para-hydroxylation sites is 1. The fraction of sp³-hybridized carbons (Fsp3) is 0.208. The molecule has 0 atom stereocenters. The van der Waals surface area contributed by atoms with Crippen molar-refractivity contribution in [3.8, 4) is 5.75 Å². The summed E-state index contributed by atoms with van der Waals surface area (Å²) >= 11 is 0. The second-order valence-corrected chi connectivity index (χ2v) is 6.44. The number of hydrogen-bond donors (Lipinski definition) is 1. The van der Waals surface area contributed by atoms with Crippen molar-refractivity contribution in [2.24, 2.45) is 0 Å². The van der Waals surface area contributed by atoms with E-state index in [-0.39, 0.29) is 12.5 Å². The highest BCUT2D eigenvalue weighted by Crippen LogP contribution is 2.18. The Morgan fingerprint density at radius 2 is 1.64 bits per heavy atom. The molecule has 3 rings (SSSR count). The molecule has 0 saturated carbocycles. The van der Waals surface area contributed by atoms with Crippen LogP contribution in [-0.4, -0.2) is 25.6 Å². The van der Waals surface area contributed by atoms with Crippen LogP contribution in [0.15, 0.2) is 84.9 Å². The van der Waals surface area contributed by atoms with Gasteiger partial charge in [-0.25, -0.2) is 0 Å². The number of nitrogens with one attached hydrogen (secondary N) is 1. The van der Waals surface area contributed by atoms with Gasteiger partial charge in [0.2, 0.25) is 5.91 Å². The Hall–Kier alpha value is -3.27. The van der Waals surface area contributed by atoms with Crippen molar-refractivity contribution >= 4 is 17.3 Å². The van der Waals surface area contributed by atoms with Crippen molar-refractivity contribution < 1.29 is 9.53 Å². The summed E-state index contributed by atoms with van der Waals surface area (Å²) in [6.45, 7) is 3.46. The Balaban J connectivity index is 1.52. The minimum absolute atomic E-state index is 0.0316. The molecule has 0 bridgehead atoms. The van der Waals surface area contributed by atoms with Gasteiger partial charge in [-0.3, -0.25) is 4.79 Å². The van der Waals surface area contributed by atoms with Gasteiger partial charge in [0, 0.05) is 30.4 Å². The number of amides is 1. The van der Waals surface area contributed by atoms with E-state index in [9.17, 15) is 4.79 Å². The molecule has 0 aromatic heterocycles. The number of carbonyl (C=O) groups excluding carboxylic acids is 1. The highest BCUT2D eigenvalue weighted by atomic mass is 16.5. The molecule has 4 heteroatoms. The normalized spacial score (nSPS) is 10.3. The third-order valence-corrected chi connectivity index (χ3v) is 4.47. The van der Waals surface area contributed by atoms with Crippen molar-refractivity contribution in [3.63, 3.8) is 0 Å². The molecule has 3 aromatic carbocycles. The van der Waals surface area contributed by atoms with Crippen LogP contribution in [0.2, 0.25) is 0 Å². The number of likely N-dealkylation sites (N-methyl/N-ethyl adjacent to an activating group) is 1. The molecule has 0 unspecified atom stereocenters. The van der Waals surface area contributed by atoms with E-state index in [1.54, 1.807) is 4.90 Å². The average Bonchev–Trinajstić information content (AvgIpc) is 2.75. The van der Waals surface area contributed by atoms with Crippen LogP contribution in [0.1, 0.15) is 12.5 Å². The first-order valence-electron chi connectivity index (χ1n) is 9.62. The van der Waals surface area contributed by atoms with Gasteiger partial charge in [0.15, 0.2) is 0 Å². The Bertz CT molecular complexity index is 866. The summed E-state index contributed by atoms with van der Waals surface area (Å²) in [7, 11) is 0. The molecule has 28 heavy (non-hydrogen) atoms. The maximum absolute atomic E-state index is 12.6. The van der Waals surface area contributed by atoms with Crippen LogP contribution in [0, 0.1) is 0 Å². The van der Waals surface area contributed by atoms with Gasteiger partial charge < -0.3 is 15.0 Å². The monoisotopic (exact) mass is 374 g/mol. The number of hydrogen-bond acceptors (Lipinski definition) is 3. The van der Waals surface area contributed by atoms with Gasteiger partial charge in [-0.2, -0.15) is 0 Å². The molecule has 4 nitrogen and oxygen atoms in total. The molecule has 3 aromatic rings. The Morgan fingerprint density at radius 1 is 0.929 bits per heavy atom.